The van der Waals surface area contributed by atoms with Crippen molar-refractivity contribution in [3.63, 3.8) is 0 Å². The molecule has 2 saturated heterocycles. The molecule has 0 aromatic heterocycles. The van der Waals surface area contributed by atoms with E-state index in [4.69, 9.17) is 0 Å². The van der Waals surface area contributed by atoms with Gasteiger partial charge in [0.1, 0.15) is 0 Å². The quantitative estimate of drug-likeness (QED) is 0.848. The maximum Gasteiger partial charge on any atom is 0.211 e. The van der Waals surface area contributed by atoms with Crippen molar-refractivity contribution in [2.45, 2.75) is 64.1 Å². The highest BCUT2D eigenvalue weighted by Gasteiger charge is 2.27. The number of rotatable bonds is 4. The first-order chi connectivity index (χ1) is 9.86. The molecule has 5 nitrogen and oxygen atoms in total. The second-order valence-corrected chi connectivity index (χ2v) is 8.84. The smallest absolute Gasteiger partial charge is 0.211 e. The highest BCUT2D eigenvalue weighted by molar-refractivity contribution is 7.88. The molecule has 0 aliphatic carbocycles. The molecule has 0 aromatic carbocycles. The maximum atomic E-state index is 11.5. The summed E-state index contributed by atoms with van der Waals surface area (Å²) in [6.07, 6.45) is 6.92. The lowest BCUT2D eigenvalue weighted by atomic mass is 10.0. The van der Waals surface area contributed by atoms with E-state index in [1.807, 2.05) is 0 Å². The van der Waals surface area contributed by atoms with Gasteiger partial charge in [0.15, 0.2) is 0 Å². The molecule has 6 heteroatoms. The average Bonchev–Trinajstić information content (AvgIpc) is 2.64. The van der Waals surface area contributed by atoms with Crippen molar-refractivity contribution in [2.75, 3.05) is 32.4 Å². The van der Waals surface area contributed by atoms with Crippen LogP contribution in [0.5, 0.6) is 0 Å². The highest BCUT2D eigenvalue weighted by Crippen LogP contribution is 2.18. The Kier molecular flexibility index (Phi) is 6.05. The van der Waals surface area contributed by atoms with Gasteiger partial charge < -0.3 is 10.2 Å². The molecule has 1 unspecified atom stereocenters. The number of likely N-dealkylation sites (tertiary alicyclic amines) is 1. The van der Waals surface area contributed by atoms with Crippen LogP contribution in [0.4, 0.5) is 0 Å². The van der Waals surface area contributed by atoms with Crippen LogP contribution in [0.15, 0.2) is 0 Å². The Balaban J connectivity index is 1.76. The minimum Gasteiger partial charge on any atom is -0.311 e. The van der Waals surface area contributed by atoms with Gasteiger partial charge in [-0.1, -0.05) is 0 Å². The fraction of sp³-hybridized carbons (Fsp3) is 1.00. The number of sulfonamides is 1. The lowest BCUT2D eigenvalue weighted by molar-refractivity contribution is 0.225. The van der Waals surface area contributed by atoms with E-state index in [1.54, 1.807) is 4.31 Å². The minimum absolute atomic E-state index is 0.485. The highest BCUT2D eigenvalue weighted by atomic mass is 32.2. The number of piperidine rings is 1. The van der Waals surface area contributed by atoms with E-state index in [9.17, 15) is 8.42 Å². The van der Waals surface area contributed by atoms with E-state index in [0.717, 1.165) is 12.8 Å². The van der Waals surface area contributed by atoms with E-state index in [1.165, 1.54) is 38.6 Å². The van der Waals surface area contributed by atoms with Crippen molar-refractivity contribution in [2.24, 2.45) is 0 Å². The number of hydrogen-bond donors (Lipinski definition) is 1. The molecule has 0 saturated carbocycles. The van der Waals surface area contributed by atoms with Gasteiger partial charge >= 0.3 is 0 Å². The summed E-state index contributed by atoms with van der Waals surface area (Å²) in [5.41, 5.74) is 0. The zero-order chi connectivity index (χ0) is 15.5. The molecule has 2 aliphatic rings. The molecular formula is C15H31N3O2S. The summed E-state index contributed by atoms with van der Waals surface area (Å²) in [6, 6.07) is 1.73. The Morgan fingerprint density at radius 2 is 1.52 bits per heavy atom. The van der Waals surface area contributed by atoms with Crippen molar-refractivity contribution in [1.82, 2.24) is 14.5 Å². The third-order valence-corrected chi connectivity index (χ3v) is 6.19. The second-order valence-electron chi connectivity index (χ2n) is 6.86. The summed E-state index contributed by atoms with van der Waals surface area (Å²) in [7, 11) is -3.01. The fourth-order valence-corrected chi connectivity index (χ4v) is 4.36. The van der Waals surface area contributed by atoms with Crippen molar-refractivity contribution in [3.05, 3.63) is 0 Å². The summed E-state index contributed by atoms with van der Waals surface area (Å²) >= 11 is 0. The molecular weight excluding hydrogens is 286 g/mol. The molecule has 0 amide bonds. The largest absolute Gasteiger partial charge is 0.311 e. The molecule has 124 valence electrons. The summed E-state index contributed by atoms with van der Waals surface area (Å²) < 4.78 is 24.7. The molecule has 1 N–H and O–H groups in total. The van der Waals surface area contributed by atoms with Crippen LogP contribution in [0.1, 0.15) is 46.0 Å². The zero-order valence-electron chi connectivity index (χ0n) is 13.7. The second kappa shape index (κ2) is 7.40. The Labute approximate surface area is 130 Å². The molecule has 0 aromatic rings. The molecule has 1 atom stereocenters. The topological polar surface area (TPSA) is 52.6 Å². The zero-order valence-corrected chi connectivity index (χ0v) is 14.5. The standard InChI is InChI=1S/C15H31N3O2S/c1-13(2)17-9-4-5-14(6-10-17)16-15-7-11-18(12-8-15)21(3,19)20/h13-16H,4-12H2,1-3H3. The van der Waals surface area contributed by atoms with Crippen LogP contribution in [0, 0.1) is 0 Å². The third kappa shape index (κ3) is 5.20. The molecule has 2 heterocycles. The van der Waals surface area contributed by atoms with Gasteiger partial charge in [-0.25, -0.2) is 12.7 Å². The Morgan fingerprint density at radius 3 is 2.10 bits per heavy atom. The minimum atomic E-state index is -3.01. The van der Waals surface area contributed by atoms with Gasteiger partial charge in [0, 0.05) is 31.2 Å². The Morgan fingerprint density at radius 1 is 0.952 bits per heavy atom. The van der Waals surface area contributed by atoms with Crippen LogP contribution in [-0.2, 0) is 10.0 Å². The van der Waals surface area contributed by atoms with Gasteiger partial charge in [0.25, 0.3) is 0 Å². The molecule has 2 aliphatic heterocycles. The van der Waals surface area contributed by atoms with Gasteiger partial charge in [0.2, 0.25) is 10.0 Å². The van der Waals surface area contributed by atoms with Gasteiger partial charge in [-0.05, 0) is 59.0 Å². The maximum absolute atomic E-state index is 11.5. The molecule has 2 fully saturated rings. The molecule has 2 rings (SSSR count). The number of hydrogen-bond acceptors (Lipinski definition) is 4. The van der Waals surface area contributed by atoms with Gasteiger partial charge in [-0.15, -0.1) is 0 Å². The normalized spacial score (nSPS) is 27.9. The first-order valence-corrected chi connectivity index (χ1v) is 10.2. The summed E-state index contributed by atoms with van der Waals surface area (Å²) in [5, 5.41) is 3.78. The van der Waals surface area contributed by atoms with E-state index in [0.29, 0.717) is 31.2 Å². The van der Waals surface area contributed by atoms with Crippen LogP contribution in [0.2, 0.25) is 0 Å². The molecule has 0 bridgehead atoms. The van der Waals surface area contributed by atoms with E-state index in [2.05, 4.69) is 24.1 Å². The van der Waals surface area contributed by atoms with Crippen LogP contribution < -0.4 is 5.32 Å². The van der Waals surface area contributed by atoms with Gasteiger partial charge in [0.05, 0.1) is 6.26 Å². The number of nitrogens with zero attached hydrogens (tertiary/aromatic N) is 2. The van der Waals surface area contributed by atoms with E-state index < -0.39 is 10.0 Å². The molecule has 21 heavy (non-hydrogen) atoms. The van der Waals surface area contributed by atoms with Crippen molar-refractivity contribution < 1.29 is 8.42 Å². The van der Waals surface area contributed by atoms with Gasteiger partial charge in [-0.2, -0.15) is 0 Å². The predicted molar refractivity (Wildman–Crippen MR) is 86.9 cm³/mol. The van der Waals surface area contributed by atoms with E-state index >= 15 is 0 Å². The molecule has 0 spiro atoms. The fourth-order valence-electron chi connectivity index (χ4n) is 3.49. The number of nitrogens with one attached hydrogen (secondary N) is 1. The first-order valence-electron chi connectivity index (χ1n) is 8.31. The van der Waals surface area contributed by atoms with Crippen LogP contribution >= 0.6 is 0 Å². The van der Waals surface area contributed by atoms with Crippen LogP contribution in [-0.4, -0.2) is 68.2 Å². The van der Waals surface area contributed by atoms with Crippen molar-refractivity contribution in [3.8, 4) is 0 Å². The Hall–Kier alpha value is -0.170. The average molecular weight is 317 g/mol. The van der Waals surface area contributed by atoms with E-state index in [-0.39, 0.29) is 0 Å². The lowest BCUT2D eigenvalue weighted by Gasteiger charge is -2.33. The van der Waals surface area contributed by atoms with Crippen molar-refractivity contribution >= 4 is 10.0 Å². The summed E-state index contributed by atoms with van der Waals surface area (Å²) in [5.74, 6) is 0. The lowest BCUT2D eigenvalue weighted by Crippen LogP contribution is -2.47. The predicted octanol–water partition coefficient (Wildman–Crippen LogP) is 1.26. The monoisotopic (exact) mass is 317 g/mol. The Bertz CT molecular complexity index is 417. The summed E-state index contributed by atoms with van der Waals surface area (Å²) in [6.45, 7) is 8.27. The van der Waals surface area contributed by atoms with Crippen LogP contribution in [0.25, 0.3) is 0 Å². The van der Waals surface area contributed by atoms with Crippen molar-refractivity contribution in [1.29, 1.82) is 0 Å². The van der Waals surface area contributed by atoms with Crippen LogP contribution in [0.3, 0.4) is 0 Å². The summed E-state index contributed by atoms with van der Waals surface area (Å²) in [4.78, 5) is 2.56. The SMILES string of the molecule is CC(C)N1CCCC(NC2CCN(S(C)(=O)=O)CC2)CC1. The molecule has 0 radical (unpaired) electrons. The van der Waals surface area contributed by atoms with Gasteiger partial charge in [-0.3, -0.25) is 0 Å². The third-order valence-electron chi connectivity index (χ3n) is 4.89. The first kappa shape index (κ1) is 17.2.